The van der Waals surface area contributed by atoms with Gasteiger partial charge in [-0.1, -0.05) is 20.8 Å². The van der Waals surface area contributed by atoms with Crippen molar-refractivity contribution in [2.24, 2.45) is 0 Å². The van der Waals surface area contributed by atoms with Crippen LogP contribution in [-0.4, -0.2) is 30.3 Å². The van der Waals surface area contributed by atoms with Gasteiger partial charge in [0.2, 0.25) is 5.91 Å². The topological polar surface area (TPSA) is 49.3 Å². The third-order valence-corrected chi connectivity index (χ3v) is 1.04. The molecule has 0 aliphatic heterocycles. The number of hydrogen-bond acceptors (Lipinski definition) is 2. The third kappa shape index (κ3) is 9.36. The highest BCUT2D eigenvalue weighted by Crippen LogP contribution is 1.85. The lowest BCUT2D eigenvalue weighted by Gasteiger charge is -2.04. The quantitative estimate of drug-likeness (QED) is 0.682. The molecule has 0 aliphatic carbocycles. The minimum absolute atomic E-state index is 0. The van der Waals surface area contributed by atoms with Crippen molar-refractivity contribution in [3.8, 4) is 0 Å². The van der Waals surface area contributed by atoms with Crippen LogP contribution in [0.25, 0.3) is 0 Å². The van der Waals surface area contributed by atoms with Gasteiger partial charge in [0.25, 0.3) is 0 Å². The molecule has 0 aliphatic rings. The molecule has 0 aromatic rings. The molecule has 12 heavy (non-hydrogen) atoms. The summed E-state index contributed by atoms with van der Waals surface area (Å²) in [5, 5.41) is 10.5. The van der Waals surface area contributed by atoms with Gasteiger partial charge in [-0.2, -0.15) is 0 Å². The maximum Gasteiger partial charge on any atom is 0.219 e. The Labute approximate surface area is 74.5 Å². The lowest BCUT2D eigenvalue weighted by Crippen LogP contribution is -2.31. The van der Waals surface area contributed by atoms with Crippen LogP contribution in [0.15, 0.2) is 0 Å². The lowest BCUT2D eigenvalue weighted by atomic mass is 10.4. The van der Waals surface area contributed by atoms with Crippen LogP contribution in [0.2, 0.25) is 0 Å². The molecule has 1 atom stereocenters. The molecule has 2 N–H and O–H groups in total. The average molecular weight is 181 g/mol. The second kappa shape index (κ2) is 10.4. The Kier molecular flexibility index (Phi) is 12.0. The largest absolute Gasteiger partial charge is 0.393 e. The van der Waals surface area contributed by atoms with Crippen LogP contribution in [0, 0.1) is 0 Å². The molecule has 76 valence electrons. The summed E-state index contributed by atoms with van der Waals surface area (Å²) in [6.45, 7) is 5.05. The highest BCUT2D eigenvalue weighted by atomic mass is 19.1. The van der Waals surface area contributed by atoms with Crippen molar-refractivity contribution < 1.29 is 15.7 Å². The molecule has 0 bridgehead atoms. The zero-order valence-electron chi connectivity index (χ0n) is 7.93. The van der Waals surface area contributed by atoms with E-state index in [9.17, 15) is 9.18 Å². The molecule has 0 rings (SSSR count). The summed E-state index contributed by atoms with van der Waals surface area (Å²) in [5.74, 6) is -0.198. The van der Waals surface area contributed by atoms with Crippen LogP contribution in [0.4, 0.5) is 4.39 Å². The van der Waals surface area contributed by atoms with Crippen LogP contribution in [-0.2, 0) is 4.79 Å². The molecular weight excluding hydrogens is 161 g/mol. The Morgan fingerprint density at radius 3 is 2.50 bits per heavy atom. The van der Waals surface area contributed by atoms with Crippen LogP contribution in [0.1, 0.15) is 28.6 Å². The summed E-state index contributed by atoms with van der Waals surface area (Å²) in [4.78, 5) is 10.5. The minimum Gasteiger partial charge on any atom is -0.393 e. The first kappa shape index (κ1) is 13.9. The van der Waals surface area contributed by atoms with E-state index in [0.717, 1.165) is 0 Å². The fourth-order valence-electron chi connectivity index (χ4n) is 0.414. The summed E-state index contributed by atoms with van der Waals surface area (Å²) >= 11 is 0. The first-order chi connectivity index (χ1) is 5.70. The molecule has 0 radical (unpaired) electrons. The molecule has 0 fully saturated rings. The number of hydrogen-bond donors (Lipinski definition) is 2. The average Bonchev–Trinajstić information content (AvgIpc) is 2.16. The van der Waals surface area contributed by atoms with Crippen molar-refractivity contribution in [3.05, 3.63) is 0 Å². The maximum atomic E-state index is 12.2. The van der Waals surface area contributed by atoms with Gasteiger partial charge in [0.05, 0.1) is 13.2 Å². The molecule has 0 saturated carbocycles. The van der Waals surface area contributed by atoms with Crippen LogP contribution in [0.5, 0.6) is 0 Å². The summed E-state index contributed by atoms with van der Waals surface area (Å²) in [6.07, 6.45) is -0.992. The molecule has 1 amide bonds. The summed E-state index contributed by atoms with van der Waals surface area (Å²) in [6, 6.07) is 0. The molecule has 0 aromatic carbocycles. The molecule has 3 nitrogen and oxygen atoms in total. The van der Waals surface area contributed by atoms with Gasteiger partial charge >= 0.3 is 0 Å². The van der Waals surface area contributed by atoms with Crippen LogP contribution < -0.4 is 5.32 Å². The van der Waals surface area contributed by atoms with E-state index >= 15 is 0 Å². The number of aliphatic hydroxyl groups is 1. The van der Waals surface area contributed by atoms with Gasteiger partial charge in [0.15, 0.2) is 0 Å². The number of amides is 1. The number of aliphatic hydroxyl groups excluding tert-OH is 1. The molecule has 0 aromatic heterocycles. The fraction of sp³-hybridized carbons (Fsp3) is 0.875. The van der Waals surface area contributed by atoms with Crippen LogP contribution in [0.3, 0.4) is 0 Å². The van der Waals surface area contributed by atoms with Crippen molar-refractivity contribution in [1.82, 2.24) is 5.32 Å². The number of carbonyl (C=O) groups is 1. The SMILES string of the molecule is CC.CCC(=O)NCC(F)CO.[HH]. The molecular formula is C8H20FNO2. The van der Waals surface area contributed by atoms with Crippen molar-refractivity contribution in [2.45, 2.75) is 33.4 Å². The van der Waals surface area contributed by atoms with Gasteiger partial charge in [0.1, 0.15) is 6.17 Å². The summed E-state index contributed by atoms with van der Waals surface area (Å²) in [7, 11) is 0. The van der Waals surface area contributed by atoms with E-state index in [1.807, 2.05) is 13.8 Å². The Hall–Kier alpha value is -0.640. The fourth-order valence-corrected chi connectivity index (χ4v) is 0.414. The number of halogens is 1. The van der Waals surface area contributed by atoms with E-state index in [2.05, 4.69) is 5.32 Å². The first-order valence-electron chi connectivity index (χ1n) is 4.22. The van der Waals surface area contributed by atoms with E-state index in [4.69, 9.17) is 5.11 Å². The highest BCUT2D eigenvalue weighted by Gasteiger charge is 2.04. The van der Waals surface area contributed by atoms with Crippen molar-refractivity contribution in [1.29, 1.82) is 0 Å². The van der Waals surface area contributed by atoms with Gasteiger partial charge in [-0.15, -0.1) is 0 Å². The van der Waals surface area contributed by atoms with E-state index in [1.165, 1.54) is 0 Å². The van der Waals surface area contributed by atoms with E-state index < -0.39 is 12.8 Å². The molecule has 4 heteroatoms. The zero-order valence-corrected chi connectivity index (χ0v) is 7.93. The number of alkyl halides is 1. The van der Waals surface area contributed by atoms with Crippen molar-refractivity contribution in [2.75, 3.05) is 13.2 Å². The van der Waals surface area contributed by atoms with E-state index in [0.29, 0.717) is 6.42 Å². The smallest absolute Gasteiger partial charge is 0.219 e. The summed E-state index contributed by atoms with van der Waals surface area (Å²) < 4.78 is 12.2. The Balaban J connectivity index is -0.000000309. The van der Waals surface area contributed by atoms with E-state index in [-0.39, 0.29) is 13.9 Å². The second-order valence-electron chi connectivity index (χ2n) is 1.94. The van der Waals surface area contributed by atoms with Crippen molar-refractivity contribution in [3.63, 3.8) is 0 Å². The Bertz CT molecular complexity index is 114. The van der Waals surface area contributed by atoms with Gasteiger partial charge in [-0.05, 0) is 0 Å². The third-order valence-electron chi connectivity index (χ3n) is 1.04. The highest BCUT2D eigenvalue weighted by molar-refractivity contribution is 5.75. The molecule has 0 heterocycles. The van der Waals surface area contributed by atoms with Gasteiger partial charge < -0.3 is 10.4 Å². The molecule has 1 unspecified atom stereocenters. The minimum atomic E-state index is -1.34. The summed E-state index contributed by atoms with van der Waals surface area (Å²) in [5.41, 5.74) is 0. The first-order valence-corrected chi connectivity index (χ1v) is 4.22. The molecule has 0 spiro atoms. The van der Waals surface area contributed by atoms with Gasteiger partial charge in [-0.3, -0.25) is 4.79 Å². The standard InChI is InChI=1S/C6H12FNO2.C2H6.H2/c1-2-6(10)8-3-5(7)4-9;1-2;/h5,9H,2-4H2,1H3,(H,8,10);1-2H3;1H. The predicted molar refractivity (Wildman–Crippen MR) is 48.7 cm³/mol. The lowest BCUT2D eigenvalue weighted by molar-refractivity contribution is -0.121. The number of nitrogens with one attached hydrogen (secondary N) is 1. The predicted octanol–water partition coefficient (Wildman–Crippen LogP) is 1.12. The van der Waals surface area contributed by atoms with Gasteiger partial charge in [-0.25, -0.2) is 4.39 Å². The van der Waals surface area contributed by atoms with Crippen LogP contribution >= 0.6 is 0 Å². The number of rotatable bonds is 4. The number of carbonyl (C=O) groups excluding carboxylic acids is 1. The zero-order chi connectivity index (χ0) is 9.98. The Morgan fingerprint density at radius 1 is 1.67 bits per heavy atom. The monoisotopic (exact) mass is 181 g/mol. The maximum absolute atomic E-state index is 12.2. The van der Waals surface area contributed by atoms with Gasteiger partial charge in [0, 0.05) is 7.85 Å². The Morgan fingerprint density at radius 2 is 2.17 bits per heavy atom. The van der Waals surface area contributed by atoms with E-state index in [1.54, 1.807) is 6.92 Å². The normalized spacial score (nSPS) is 11.1. The molecule has 0 saturated heterocycles. The second-order valence-corrected chi connectivity index (χ2v) is 1.94. The van der Waals surface area contributed by atoms with Crippen molar-refractivity contribution >= 4 is 5.91 Å².